The average Bonchev–Trinajstić information content (AvgIpc) is 2.42. The first-order valence-electron chi connectivity index (χ1n) is 6.94. The molecule has 0 bridgehead atoms. The largest absolute Gasteiger partial charge is 0.497 e. The summed E-state index contributed by atoms with van der Waals surface area (Å²) in [5.74, 6) is 0.533. The Morgan fingerprint density at radius 3 is 2.43 bits per heavy atom. The Bertz CT molecular complexity index is 583. The summed E-state index contributed by atoms with van der Waals surface area (Å²) in [5.41, 5.74) is -0.188. The number of halogens is 1. The smallest absolute Gasteiger partial charge is 0.408 e. The highest BCUT2D eigenvalue weighted by Gasteiger charge is 2.46. The molecule has 1 aromatic rings. The summed E-state index contributed by atoms with van der Waals surface area (Å²) in [4.78, 5) is 22.9. The summed E-state index contributed by atoms with van der Waals surface area (Å²) in [6, 6.07) is 5.76. The maximum absolute atomic E-state index is 12.1. The van der Waals surface area contributed by atoms with Crippen LogP contribution in [-0.4, -0.2) is 28.2 Å². The molecule has 0 aliphatic heterocycles. The van der Waals surface area contributed by atoms with Crippen LogP contribution in [0.2, 0.25) is 0 Å². The number of alkyl carbamates (subject to hydrolysis) is 1. The monoisotopic (exact) mass is 388 g/mol. The van der Waals surface area contributed by atoms with E-state index < -0.39 is 27.1 Å². The maximum atomic E-state index is 12.1. The average molecular weight is 389 g/mol. The topological polar surface area (TPSA) is 90.7 Å². The number of alkyl halides is 1. The van der Waals surface area contributed by atoms with E-state index in [1.54, 1.807) is 45.0 Å². The van der Waals surface area contributed by atoms with Gasteiger partial charge in [-0.15, -0.1) is 0 Å². The van der Waals surface area contributed by atoms with Crippen molar-refractivity contribution in [1.29, 1.82) is 0 Å². The van der Waals surface area contributed by atoms with Gasteiger partial charge >= 0.3 is 6.09 Å². The molecule has 7 nitrogen and oxygen atoms in total. The van der Waals surface area contributed by atoms with E-state index in [-0.39, 0.29) is 0 Å². The zero-order chi connectivity index (χ0) is 17.8. The predicted octanol–water partition coefficient (Wildman–Crippen LogP) is 3.65. The Morgan fingerprint density at radius 1 is 1.35 bits per heavy atom. The normalized spacial score (nSPS) is 15.2. The number of methoxy groups -OCH3 is 1. The maximum Gasteiger partial charge on any atom is 0.408 e. The number of nitro groups is 1. The van der Waals surface area contributed by atoms with Crippen LogP contribution in [0.5, 0.6) is 5.75 Å². The van der Waals surface area contributed by atoms with Crippen molar-refractivity contribution in [3.05, 3.63) is 39.9 Å². The summed E-state index contributed by atoms with van der Waals surface area (Å²) in [6.45, 7) is 6.52. The van der Waals surface area contributed by atoms with Gasteiger partial charge in [-0.1, -0.05) is 12.1 Å². The first-order chi connectivity index (χ1) is 10.5. The molecule has 128 valence electrons. The Hall–Kier alpha value is -1.83. The summed E-state index contributed by atoms with van der Waals surface area (Å²) in [7, 11) is 1.50. The first kappa shape index (κ1) is 19.2. The molecule has 0 saturated carbocycles. The van der Waals surface area contributed by atoms with Gasteiger partial charge in [0.05, 0.1) is 7.11 Å². The molecule has 1 N–H and O–H groups in total. The van der Waals surface area contributed by atoms with Crippen LogP contribution < -0.4 is 10.1 Å². The molecule has 0 saturated heterocycles. The molecule has 0 heterocycles. The quantitative estimate of drug-likeness (QED) is 0.359. The van der Waals surface area contributed by atoms with Crippen molar-refractivity contribution in [2.45, 2.75) is 43.8 Å². The van der Waals surface area contributed by atoms with E-state index in [0.29, 0.717) is 11.3 Å². The van der Waals surface area contributed by atoms with Crippen LogP contribution in [0.4, 0.5) is 4.79 Å². The molecule has 0 fully saturated rings. The highest BCUT2D eigenvalue weighted by Crippen LogP contribution is 2.35. The second-order valence-electron chi connectivity index (χ2n) is 6.14. The minimum atomic E-state index is -1.61. The van der Waals surface area contributed by atoms with E-state index in [1.807, 2.05) is 0 Å². The molecule has 2 atom stereocenters. The standard InChI is InChI=1S/C15H21BrN2O5/c1-14(2,3)23-13(19)17-12(15(4,16)18(20)21)10-7-6-8-11(9-10)22-5/h6-9,12H,1-5H3,(H,17,19)/t12-,15+/m1/s1. The third-order valence-corrected chi connectivity index (χ3v) is 3.72. The lowest BCUT2D eigenvalue weighted by Crippen LogP contribution is -2.46. The molecule has 0 unspecified atom stereocenters. The number of hydrogen-bond acceptors (Lipinski definition) is 5. The molecule has 23 heavy (non-hydrogen) atoms. The van der Waals surface area contributed by atoms with E-state index in [2.05, 4.69) is 21.2 Å². The number of ether oxygens (including phenoxy) is 2. The van der Waals surface area contributed by atoms with Crippen molar-refractivity contribution in [1.82, 2.24) is 5.32 Å². The van der Waals surface area contributed by atoms with Gasteiger partial charge in [0.25, 0.3) is 4.45 Å². The molecule has 0 spiro atoms. The summed E-state index contributed by atoms with van der Waals surface area (Å²) < 4.78 is 8.72. The summed E-state index contributed by atoms with van der Waals surface area (Å²) in [5, 5.41) is 13.9. The van der Waals surface area contributed by atoms with Gasteiger partial charge < -0.3 is 14.8 Å². The molecule has 8 heteroatoms. The van der Waals surface area contributed by atoms with Crippen LogP contribution in [0.25, 0.3) is 0 Å². The number of benzene rings is 1. The molecule has 1 rings (SSSR count). The lowest BCUT2D eigenvalue weighted by atomic mass is 10.0. The number of nitrogens with one attached hydrogen (secondary N) is 1. The van der Waals surface area contributed by atoms with Gasteiger partial charge in [0.2, 0.25) is 0 Å². The van der Waals surface area contributed by atoms with E-state index in [9.17, 15) is 14.9 Å². The molecular weight excluding hydrogens is 368 g/mol. The molecule has 0 aliphatic rings. The minimum absolute atomic E-state index is 0.505. The van der Waals surface area contributed by atoms with Crippen molar-refractivity contribution < 1.29 is 19.2 Å². The minimum Gasteiger partial charge on any atom is -0.497 e. The van der Waals surface area contributed by atoms with Crippen molar-refractivity contribution in [3.8, 4) is 5.75 Å². The predicted molar refractivity (Wildman–Crippen MR) is 89.4 cm³/mol. The van der Waals surface area contributed by atoms with Gasteiger partial charge in [0.15, 0.2) is 0 Å². The molecule has 1 aromatic carbocycles. The highest BCUT2D eigenvalue weighted by atomic mass is 79.9. The van der Waals surface area contributed by atoms with Crippen molar-refractivity contribution in [2.75, 3.05) is 7.11 Å². The van der Waals surface area contributed by atoms with Crippen LogP contribution in [0, 0.1) is 10.1 Å². The third kappa shape index (κ3) is 5.38. The van der Waals surface area contributed by atoms with Gasteiger partial charge in [-0.3, -0.25) is 10.1 Å². The molecule has 0 aliphatic carbocycles. The number of amides is 1. The zero-order valence-corrected chi connectivity index (χ0v) is 15.3. The molecule has 0 radical (unpaired) electrons. The number of nitrogens with zero attached hydrogens (tertiary/aromatic N) is 1. The van der Waals surface area contributed by atoms with Crippen LogP contribution >= 0.6 is 15.9 Å². The van der Waals surface area contributed by atoms with Crippen LogP contribution in [-0.2, 0) is 4.74 Å². The van der Waals surface area contributed by atoms with Crippen LogP contribution in [0.15, 0.2) is 24.3 Å². The first-order valence-corrected chi connectivity index (χ1v) is 7.73. The van der Waals surface area contributed by atoms with E-state index in [4.69, 9.17) is 9.47 Å². The molecular formula is C15H21BrN2O5. The zero-order valence-electron chi connectivity index (χ0n) is 13.8. The lowest BCUT2D eigenvalue weighted by Gasteiger charge is -2.28. The lowest BCUT2D eigenvalue weighted by molar-refractivity contribution is -0.536. The Labute approximate surface area is 143 Å². The Balaban J connectivity index is 3.17. The van der Waals surface area contributed by atoms with Gasteiger partial charge in [0, 0.05) is 27.8 Å². The van der Waals surface area contributed by atoms with Crippen LogP contribution in [0.1, 0.15) is 39.3 Å². The Kier molecular flexibility index (Phi) is 5.98. The van der Waals surface area contributed by atoms with Crippen LogP contribution in [0.3, 0.4) is 0 Å². The Morgan fingerprint density at radius 2 is 1.96 bits per heavy atom. The molecule has 1 amide bonds. The number of carbonyl (C=O) groups excluding carboxylic acids is 1. The van der Waals surface area contributed by atoms with Gasteiger partial charge in [-0.25, -0.2) is 4.79 Å². The SMILES string of the molecule is COc1cccc([C@@H](NC(=O)OC(C)(C)C)[C@@](C)(Br)[N+](=O)[O-])c1. The second-order valence-corrected chi connectivity index (χ2v) is 7.74. The third-order valence-electron chi connectivity index (χ3n) is 2.97. The van der Waals surface area contributed by atoms with E-state index in [1.165, 1.54) is 14.0 Å². The fourth-order valence-electron chi connectivity index (χ4n) is 1.87. The summed E-state index contributed by atoms with van der Waals surface area (Å²) in [6.07, 6.45) is -0.738. The molecule has 0 aromatic heterocycles. The van der Waals surface area contributed by atoms with E-state index >= 15 is 0 Å². The highest BCUT2D eigenvalue weighted by molar-refractivity contribution is 9.10. The summed E-state index contributed by atoms with van der Waals surface area (Å²) >= 11 is 3.09. The number of rotatable bonds is 5. The van der Waals surface area contributed by atoms with Crippen molar-refractivity contribution in [3.63, 3.8) is 0 Å². The van der Waals surface area contributed by atoms with Gasteiger partial charge in [-0.05, 0) is 38.5 Å². The number of hydrogen-bond donors (Lipinski definition) is 1. The van der Waals surface area contributed by atoms with Gasteiger partial charge in [0.1, 0.15) is 17.4 Å². The fraction of sp³-hybridized carbons (Fsp3) is 0.533. The fourth-order valence-corrected chi connectivity index (χ4v) is 2.25. The van der Waals surface area contributed by atoms with E-state index in [0.717, 1.165) is 0 Å². The van der Waals surface area contributed by atoms with Crippen molar-refractivity contribution >= 4 is 22.0 Å². The second kappa shape index (κ2) is 7.16. The van der Waals surface area contributed by atoms with Crippen molar-refractivity contribution in [2.24, 2.45) is 0 Å². The van der Waals surface area contributed by atoms with Gasteiger partial charge in [-0.2, -0.15) is 0 Å². The number of carbonyl (C=O) groups is 1.